The number of rotatable bonds is 4. The summed E-state index contributed by atoms with van der Waals surface area (Å²) in [5.74, 6) is 0.640. The summed E-state index contributed by atoms with van der Waals surface area (Å²) in [6.45, 7) is 8.58. The lowest BCUT2D eigenvalue weighted by Gasteiger charge is -2.32. The van der Waals surface area contributed by atoms with Gasteiger partial charge in [-0.2, -0.15) is 0 Å². The average Bonchev–Trinajstić information content (AvgIpc) is 2.47. The Hall–Kier alpha value is -1.26. The molecule has 0 radical (unpaired) electrons. The molecule has 1 aromatic rings. The van der Waals surface area contributed by atoms with Gasteiger partial charge in [0.1, 0.15) is 0 Å². The molecule has 0 aliphatic carbocycles. The normalized spacial score (nSPS) is 15.7. The molecule has 0 saturated carbocycles. The molecule has 2 N–H and O–H groups in total. The predicted octanol–water partition coefficient (Wildman–Crippen LogP) is 3.28. The highest BCUT2D eigenvalue weighted by Crippen LogP contribution is 2.20. The zero-order valence-electron chi connectivity index (χ0n) is 13.7. The Kier molecular flexibility index (Phi) is 7.17. The lowest BCUT2D eigenvalue weighted by Crippen LogP contribution is -2.41. The summed E-state index contributed by atoms with van der Waals surface area (Å²) in [5, 5.41) is 0. The van der Waals surface area contributed by atoms with Crippen molar-refractivity contribution in [3.05, 3.63) is 29.3 Å². The van der Waals surface area contributed by atoms with Crippen molar-refractivity contribution in [2.75, 3.05) is 25.4 Å². The number of likely N-dealkylation sites (tertiary alicyclic amines) is 1. The fraction of sp³-hybridized carbons (Fsp3) is 0.588. The molecule has 0 bridgehead atoms. The summed E-state index contributed by atoms with van der Waals surface area (Å²) in [5.41, 5.74) is 8.13. The number of anilines is 1. The SMILES string of the molecule is Cc1ccc(N)cc1C(=O)N1CCC(OCC(C)C)CC1.Cl. The first kappa shape index (κ1) is 18.8. The molecule has 1 aromatic carbocycles. The van der Waals surface area contributed by atoms with Gasteiger partial charge in [-0.05, 0) is 43.4 Å². The first-order valence-electron chi connectivity index (χ1n) is 7.74. The number of nitrogens with two attached hydrogens (primary N) is 1. The van der Waals surface area contributed by atoms with Crippen molar-refractivity contribution in [1.82, 2.24) is 4.90 Å². The van der Waals surface area contributed by atoms with E-state index >= 15 is 0 Å². The van der Waals surface area contributed by atoms with E-state index in [-0.39, 0.29) is 18.3 Å². The number of benzene rings is 1. The van der Waals surface area contributed by atoms with Crippen LogP contribution in [0.3, 0.4) is 0 Å². The van der Waals surface area contributed by atoms with E-state index < -0.39 is 0 Å². The third-order valence-corrected chi connectivity index (χ3v) is 3.89. The molecule has 0 spiro atoms. The lowest BCUT2D eigenvalue weighted by molar-refractivity contribution is -0.00232. The minimum absolute atomic E-state index is 0. The van der Waals surface area contributed by atoms with Crippen molar-refractivity contribution < 1.29 is 9.53 Å². The van der Waals surface area contributed by atoms with Crippen molar-refractivity contribution in [2.24, 2.45) is 5.92 Å². The fourth-order valence-corrected chi connectivity index (χ4v) is 2.59. The monoisotopic (exact) mass is 326 g/mol. The fourth-order valence-electron chi connectivity index (χ4n) is 2.59. The first-order chi connectivity index (χ1) is 9.97. The average molecular weight is 327 g/mol. The van der Waals surface area contributed by atoms with Crippen LogP contribution in [0.4, 0.5) is 5.69 Å². The molecule has 4 nitrogen and oxygen atoms in total. The van der Waals surface area contributed by atoms with Crippen molar-refractivity contribution in [3.63, 3.8) is 0 Å². The molecular weight excluding hydrogens is 300 g/mol. The van der Waals surface area contributed by atoms with Gasteiger partial charge in [0.15, 0.2) is 0 Å². The van der Waals surface area contributed by atoms with Crippen LogP contribution in [0.25, 0.3) is 0 Å². The maximum Gasteiger partial charge on any atom is 0.254 e. The van der Waals surface area contributed by atoms with Gasteiger partial charge in [-0.1, -0.05) is 19.9 Å². The molecule has 1 amide bonds. The third-order valence-electron chi connectivity index (χ3n) is 3.89. The van der Waals surface area contributed by atoms with Crippen LogP contribution in [0.2, 0.25) is 0 Å². The number of ether oxygens (including phenoxy) is 1. The van der Waals surface area contributed by atoms with Crippen LogP contribution < -0.4 is 5.73 Å². The summed E-state index contributed by atoms with van der Waals surface area (Å²) >= 11 is 0. The molecule has 0 unspecified atom stereocenters. The molecule has 0 atom stereocenters. The number of amides is 1. The number of hydrogen-bond acceptors (Lipinski definition) is 3. The van der Waals surface area contributed by atoms with Crippen LogP contribution in [0, 0.1) is 12.8 Å². The van der Waals surface area contributed by atoms with Gasteiger partial charge >= 0.3 is 0 Å². The van der Waals surface area contributed by atoms with Crippen LogP contribution in [-0.4, -0.2) is 36.6 Å². The highest BCUT2D eigenvalue weighted by molar-refractivity contribution is 5.96. The number of halogens is 1. The molecule has 1 saturated heterocycles. The summed E-state index contributed by atoms with van der Waals surface area (Å²) in [6, 6.07) is 5.51. The van der Waals surface area contributed by atoms with E-state index in [0.717, 1.165) is 43.7 Å². The maximum atomic E-state index is 12.6. The van der Waals surface area contributed by atoms with Gasteiger partial charge in [0.2, 0.25) is 0 Å². The third kappa shape index (κ3) is 4.89. The second kappa shape index (κ2) is 8.39. The number of hydrogen-bond donors (Lipinski definition) is 1. The molecule has 1 heterocycles. The lowest BCUT2D eigenvalue weighted by atomic mass is 10.0. The molecule has 1 fully saturated rings. The molecule has 1 aliphatic heterocycles. The van der Waals surface area contributed by atoms with Gasteiger partial charge in [-0.15, -0.1) is 12.4 Å². The van der Waals surface area contributed by atoms with E-state index in [9.17, 15) is 4.79 Å². The number of carbonyl (C=O) groups excluding carboxylic acids is 1. The first-order valence-corrected chi connectivity index (χ1v) is 7.74. The van der Waals surface area contributed by atoms with Crippen molar-refractivity contribution >= 4 is 24.0 Å². The van der Waals surface area contributed by atoms with Gasteiger partial charge in [-0.3, -0.25) is 4.79 Å². The Bertz CT molecular complexity index is 497. The van der Waals surface area contributed by atoms with E-state index in [4.69, 9.17) is 10.5 Å². The second-order valence-corrected chi connectivity index (χ2v) is 6.29. The standard InChI is InChI=1S/C17H26N2O2.ClH/c1-12(2)11-21-15-6-8-19(9-7-15)17(20)16-10-14(18)5-4-13(16)3;/h4-5,10,12,15H,6-9,11,18H2,1-3H3;1H. The number of nitrogen functional groups attached to an aromatic ring is 1. The predicted molar refractivity (Wildman–Crippen MR) is 92.6 cm³/mol. The highest BCUT2D eigenvalue weighted by Gasteiger charge is 2.25. The molecule has 2 rings (SSSR count). The molecule has 22 heavy (non-hydrogen) atoms. The van der Waals surface area contributed by atoms with E-state index in [1.807, 2.05) is 24.0 Å². The van der Waals surface area contributed by atoms with Crippen molar-refractivity contribution in [3.8, 4) is 0 Å². The molecular formula is C17H27ClN2O2. The zero-order chi connectivity index (χ0) is 15.4. The molecule has 5 heteroatoms. The van der Waals surface area contributed by atoms with E-state index in [1.165, 1.54) is 0 Å². The Morgan fingerprint density at radius 2 is 2.00 bits per heavy atom. The van der Waals surface area contributed by atoms with E-state index in [0.29, 0.717) is 17.7 Å². The van der Waals surface area contributed by atoms with Crippen LogP contribution in [0.15, 0.2) is 18.2 Å². The number of nitrogens with zero attached hydrogens (tertiary/aromatic N) is 1. The van der Waals surface area contributed by atoms with Crippen LogP contribution in [-0.2, 0) is 4.74 Å². The van der Waals surface area contributed by atoms with E-state index in [2.05, 4.69) is 13.8 Å². The second-order valence-electron chi connectivity index (χ2n) is 6.29. The topological polar surface area (TPSA) is 55.6 Å². The van der Waals surface area contributed by atoms with Gasteiger partial charge in [0, 0.05) is 30.9 Å². The van der Waals surface area contributed by atoms with Crippen LogP contribution in [0.5, 0.6) is 0 Å². The minimum atomic E-state index is 0. The molecule has 1 aliphatic rings. The quantitative estimate of drug-likeness (QED) is 0.864. The largest absolute Gasteiger partial charge is 0.399 e. The summed E-state index contributed by atoms with van der Waals surface area (Å²) in [6.07, 6.45) is 2.12. The van der Waals surface area contributed by atoms with Crippen molar-refractivity contribution in [1.29, 1.82) is 0 Å². The summed E-state index contributed by atoms with van der Waals surface area (Å²) < 4.78 is 5.86. The Balaban J connectivity index is 0.00000242. The van der Waals surface area contributed by atoms with Gasteiger partial charge in [-0.25, -0.2) is 0 Å². The smallest absolute Gasteiger partial charge is 0.254 e. The Morgan fingerprint density at radius 3 is 2.59 bits per heavy atom. The Morgan fingerprint density at radius 1 is 1.36 bits per heavy atom. The van der Waals surface area contributed by atoms with Crippen LogP contribution >= 0.6 is 12.4 Å². The van der Waals surface area contributed by atoms with E-state index in [1.54, 1.807) is 6.07 Å². The summed E-state index contributed by atoms with van der Waals surface area (Å²) in [4.78, 5) is 14.5. The van der Waals surface area contributed by atoms with Gasteiger partial charge < -0.3 is 15.4 Å². The number of aryl methyl sites for hydroxylation is 1. The maximum absolute atomic E-state index is 12.6. The number of piperidine rings is 1. The van der Waals surface area contributed by atoms with Gasteiger partial charge in [0.05, 0.1) is 6.10 Å². The highest BCUT2D eigenvalue weighted by atomic mass is 35.5. The Labute approximate surface area is 139 Å². The number of carbonyl (C=O) groups is 1. The molecule has 0 aromatic heterocycles. The molecule has 124 valence electrons. The van der Waals surface area contributed by atoms with Crippen LogP contribution in [0.1, 0.15) is 42.6 Å². The minimum Gasteiger partial charge on any atom is -0.399 e. The summed E-state index contributed by atoms with van der Waals surface area (Å²) in [7, 11) is 0. The van der Waals surface area contributed by atoms with Crippen molar-refractivity contribution in [2.45, 2.75) is 39.7 Å². The zero-order valence-corrected chi connectivity index (χ0v) is 14.5. The van der Waals surface area contributed by atoms with Gasteiger partial charge in [0.25, 0.3) is 5.91 Å².